The summed E-state index contributed by atoms with van der Waals surface area (Å²) in [5.74, 6) is 1.54. The highest BCUT2D eigenvalue weighted by Crippen LogP contribution is 2.46. The van der Waals surface area contributed by atoms with Crippen molar-refractivity contribution < 1.29 is 4.79 Å². The number of hydrogen-bond acceptors (Lipinski definition) is 5. The fourth-order valence-electron chi connectivity index (χ4n) is 3.23. The van der Waals surface area contributed by atoms with Crippen molar-refractivity contribution in [2.75, 3.05) is 5.32 Å². The molecule has 0 spiro atoms. The fraction of sp³-hybridized carbons (Fsp3) is 0.444. The third-order valence-electron chi connectivity index (χ3n) is 4.98. The maximum absolute atomic E-state index is 12.6. The molecule has 5 rings (SSSR count). The van der Waals surface area contributed by atoms with Crippen LogP contribution < -0.4 is 11.0 Å². The van der Waals surface area contributed by atoms with Crippen LogP contribution in [0, 0.1) is 0 Å². The smallest absolute Gasteiger partial charge is 0.323 e. The minimum absolute atomic E-state index is 0.101. The lowest BCUT2D eigenvalue weighted by Crippen LogP contribution is -2.23. The molecule has 2 aliphatic rings. The normalized spacial score (nSPS) is 18.0. The van der Waals surface area contributed by atoms with Crippen molar-refractivity contribution in [1.82, 2.24) is 24.7 Å². The first-order valence-corrected chi connectivity index (χ1v) is 10.1. The van der Waals surface area contributed by atoms with E-state index in [0.29, 0.717) is 28.7 Å². The summed E-state index contributed by atoms with van der Waals surface area (Å²) < 4.78 is 2.25. The number of aromatic nitrogens is 5. The molecule has 1 atom stereocenters. The van der Waals surface area contributed by atoms with Crippen molar-refractivity contribution in [1.29, 1.82) is 0 Å². The Morgan fingerprint density at radius 1 is 1.22 bits per heavy atom. The number of nitrogens with zero attached hydrogens (tertiary/aromatic N) is 3. The van der Waals surface area contributed by atoms with Gasteiger partial charge in [0.25, 0.3) is 0 Å². The minimum Gasteiger partial charge on any atom is -0.325 e. The van der Waals surface area contributed by atoms with E-state index in [0.717, 1.165) is 11.0 Å². The van der Waals surface area contributed by atoms with Gasteiger partial charge in [-0.1, -0.05) is 11.8 Å². The SMILES string of the molecule is C[C@H](Sc1nnc(C2CC2)n1C1CC1)C(=O)Nc1ccc2[nH]c(=O)[nH]c2c1. The zero-order valence-corrected chi connectivity index (χ0v) is 15.7. The molecule has 140 valence electrons. The first-order valence-electron chi connectivity index (χ1n) is 9.23. The second kappa shape index (κ2) is 6.26. The molecule has 3 N–H and O–H groups in total. The molecule has 2 aliphatic carbocycles. The van der Waals surface area contributed by atoms with Crippen LogP contribution >= 0.6 is 11.8 Å². The quantitative estimate of drug-likeness (QED) is 0.566. The molecule has 0 unspecified atom stereocenters. The predicted octanol–water partition coefficient (Wildman–Crippen LogP) is 2.78. The Morgan fingerprint density at radius 2 is 2.00 bits per heavy atom. The number of aromatic amines is 2. The topological polar surface area (TPSA) is 108 Å². The monoisotopic (exact) mass is 384 g/mol. The Kier molecular flexibility index (Phi) is 3.85. The average molecular weight is 384 g/mol. The van der Waals surface area contributed by atoms with Crippen LogP contribution in [0.1, 0.15) is 50.4 Å². The van der Waals surface area contributed by atoms with Crippen LogP contribution in [0.2, 0.25) is 0 Å². The van der Waals surface area contributed by atoms with Gasteiger partial charge in [-0.3, -0.25) is 4.79 Å². The van der Waals surface area contributed by atoms with Gasteiger partial charge in [0.15, 0.2) is 5.16 Å². The van der Waals surface area contributed by atoms with Gasteiger partial charge < -0.3 is 19.9 Å². The van der Waals surface area contributed by atoms with Crippen molar-refractivity contribution >= 4 is 34.4 Å². The van der Waals surface area contributed by atoms with E-state index in [-0.39, 0.29) is 16.8 Å². The van der Waals surface area contributed by atoms with Crippen LogP contribution in [0.25, 0.3) is 11.0 Å². The minimum atomic E-state index is -0.306. The molecule has 2 heterocycles. The van der Waals surface area contributed by atoms with Gasteiger partial charge in [-0.15, -0.1) is 10.2 Å². The van der Waals surface area contributed by atoms with Crippen molar-refractivity contribution in [3.05, 3.63) is 34.5 Å². The average Bonchev–Trinajstić information content (AvgIpc) is 3.56. The molecule has 3 aromatic rings. The van der Waals surface area contributed by atoms with Gasteiger partial charge in [0, 0.05) is 17.6 Å². The first-order chi connectivity index (χ1) is 13.1. The zero-order chi connectivity index (χ0) is 18.5. The van der Waals surface area contributed by atoms with Crippen LogP contribution in [0.3, 0.4) is 0 Å². The largest absolute Gasteiger partial charge is 0.325 e. The molecule has 27 heavy (non-hydrogen) atoms. The van der Waals surface area contributed by atoms with Gasteiger partial charge in [0.1, 0.15) is 5.82 Å². The highest BCUT2D eigenvalue weighted by atomic mass is 32.2. The van der Waals surface area contributed by atoms with Gasteiger partial charge in [-0.05, 0) is 50.8 Å². The summed E-state index contributed by atoms with van der Waals surface area (Å²) in [6.07, 6.45) is 4.71. The molecule has 2 saturated carbocycles. The Morgan fingerprint density at radius 3 is 2.74 bits per heavy atom. The highest BCUT2D eigenvalue weighted by molar-refractivity contribution is 8.00. The zero-order valence-electron chi connectivity index (χ0n) is 14.9. The number of carbonyl (C=O) groups is 1. The second-order valence-electron chi connectivity index (χ2n) is 7.31. The summed E-state index contributed by atoms with van der Waals surface area (Å²) in [5.41, 5.74) is 1.77. The lowest BCUT2D eigenvalue weighted by atomic mass is 10.2. The molecule has 0 radical (unpaired) electrons. The van der Waals surface area contributed by atoms with Gasteiger partial charge in [0.2, 0.25) is 5.91 Å². The standard InChI is InChI=1S/C18H20N6O2S/c1-9(16(25)19-11-4-7-13-14(8-11)21-17(26)20-13)27-18-23-22-15(10-2-3-10)24(18)12-5-6-12/h4,7-10,12H,2-3,5-6H2,1H3,(H,19,25)(H2,20,21,26)/t9-/m0/s1. The third kappa shape index (κ3) is 3.27. The van der Waals surface area contributed by atoms with E-state index in [1.54, 1.807) is 18.2 Å². The summed E-state index contributed by atoms with van der Waals surface area (Å²) in [6.45, 7) is 1.87. The van der Waals surface area contributed by atoms with Crippen LogP contribution in [0.15, 0.2) is 28.2 Å². The number of fused-ring (bicyclic) bond motifs is 1. The van der Waals surface area contributed by atoms with Crippen LogP contribution in [-0.2, 0) is 4.79 Å². The van der Waals surface area contributed by atoms with E-state index in [2.05, 4.69) is 30.0 Å². The number of rotatable bonds is 6. The number of anilines is 1. The molecule has 2 aromatic heterocycles. The molecule has 2 fully saturated rings. The van der Waals surface area contributed by atoms with Crippen LogP contribution in [0.5, 0.6) is 0 Å². The number of carbonyl (C=O) groups excluding carboxylic acids is 1. The number of hydrogen-bond donors (Lipinski definition) is 3. The molecule has 0 bridgehead atoms. The molecule has 1 aromatic carbocycles. The molecular formula is C18H20N6O2S. The van der Waals surface area contributed by atoms with Gasteiger partial charge in [0.05, 0.1) is 16.3 Å². The summed E-state index contributed by atoms with van der Waals surface area (Å²) in [4.78, 5) is 29.4. The number of benzene rings is 1. The molecule has 8 nitrogen and oxygen atoms in total. The number of amides is 1. The van der Waals surface area contributed by atoms with Crippen LogP contribution in [0.4, 0.5) is 5.69 Å². The Hall–Kier alpha value is -2.55. The van der Waals surface area contributed by atoms with E-state index in [9.17, 15) is 9.59 Å². The summed E-state index contributed by atoms with van der Waals surface area (Å²) in [5, 5.41) is 12.2. The van der Waals surface area contributed by atoms with Crippen LogP contribution in [-0.4, -0.2) is 35.9 Å². The number of H-pyrrole nitrogens is 2. The summed E-state index contributed by atoms with van der Waals surface area (Å²) in [7, 11) is 0. The summed E-state index contributed by atoms with van der Waals surface area (Å²) in [6, 6.07) is 5.80. The molecule has 0 saturated heterocycles. The van der Waals surface area contributed by atoms with E-state index in [1.807, 2.05) is 6.92 Å². The molecular weight excluding hydrogens is 364 g/mol. The van der Waals surface area contributed by atoms with Gasteiger partial charge in [-0.2, -0.15) is 0 Å². The molecule has 1 amide bonds. The van der Waals surface area contributed by atoms with E-state index < -0.39 is 0 Å². The maximum atomic E-state index is 12.6. The van der Waals surface area contributed by atoms with E-state index in [4.69, 9.17) is 0 Å². The third-order valence-corrected chi connectivity index (χ3v) is 6.04. The van der Waals surface area contributed by atoms with Crippen molar-refractivity contribution in [2.45, 2.75) is 55.0 Å². The van der Waals surface area contributed by atoms with E-state index >= 15 is 0 Å². The van der Waals surface area contributed by atoms with Crippen molar-refractivity contribution in [3.63, 3.8) is 0 Å². The van der Waals surface area contributed by atoms with Gasteiger partial charge in [-0.25, -0.2) is 4.79 Å². The number of nitrogens with one attached hydrogen (secondary N) is 3. The number of imidazole rings is 1. The lowest BCUT2D eigenvalue weighted by Gasteiger charge is -2.13. The Bertz CT molecular complexity index is 1080. The highest BCUT2D eigenvalue weighted by Gasteiger charge is 2.37. The summed E-state index contributed by atoms with van der Waals surface area (Å²) >= 11 is 1.45. The Labute approximate surface area is 159 Å². The fourth-order valence-corrected chi connectivity index (χ4v) is 4.16. The maximum Gasteiger partial charge on any atom is 0.323 e. The number of thioether (sulfide) groups is 1. The van der Waals surface area contributed by atoms with Crippen molar-refractivity contribution in [2.24, 2.45) is 0 Å². The predicted molar refractivity (Wildman–Crippen MR) is 103 cm³/mol. The molecule has 9 heteroatoms. The second-order valence-corrected chi connectivity index (χ2v) is 8.61. The lowest BCUT2D eigenvalue weighted by molar-refractivity contribution is -0.115. The first kappa shape index (κ1) is 16.6. The molecule has 0 aliphatic heterocycles. The van der Waals surface area contributed by atoms with Gasteiger partial charge >= 0.3 is 5.69 Å². The van der Waals surface area contributed by atoms with E-state index in [1.165, 1.54) is 37.4 Å². The van der Waals surface area contributed by atoms with Crippen molar-refractivity contribution in [3.8, 4) is 0 Å². The Balaban J connectivity index is 1.31.